The van der Waals surface area contributed by atoms with Crippen LogP contribution in [0.1, 0.15) is 54.8 Å². The Labute approximate surface area is 192 Å². The third kappa shape index (κ3) is 4.35. The monoisotopic (exact) mass is 452 g/mol. The van der Waals surface area contributed by atoms with E-state index in [1.807, 2.05) is 24.4 Å². The smallest absolute Gasteiger partial charge is 0.338 e. The number of benzene rings is 1. The zero-order chi connectivity index (χ0) is 22.7. The average molecular weight is 453 g/mol. The lowest BCUT2D eigenvalue weighted by molar-refractivity contribution is -0.120. The predicted octanol–water partition coefficient (Wildman–Crippen LogP) is 4.72. The third-order valence-electron chi connectivity index (χ3n) is 6.00. The third-order valence-corrected chi connectivity index (χ3v) is 6.89. The van der Waals surface area contributed by atoms with Crippen molar-refractivity contribution < 1.29 is 19.1 Å². The Hall–Kier alpha value is -2.93. The van der Waals surface area contributed by atoms with E-state index in [1.54, 1.807) is 24.3 Å². The number of hydrogen-bond donors (Lipinski definition) is 0. The van der Waals surface area contributed by atoms with Crippen LogP contribution in [0.2, 0.25) is 0 Å². The molecule has 0 N–H and O–H groups in total. The zero-order valence-electron chi connectivity index (χ0n) is 18.5. The Morgan fingerprint density at radius 3 is 2.59 bits per heavy atom. The van der Waals surface area contributed by atoms with Gasteiger partial charge < -0.3 is 9.64 Å². The molecule has 0 bridgehead atoms. The number of anilines is 1. The van der Waals surface area contributed by atoms with Gasteiger partial charge in [0.05, 0.1) is 23.4 Å². The van der Waals surface area contributed by atoms with E-state index in [0.717, 1.165) is 43.6 Å². The van der Waals surface area contributed by atoms with Crippen LogP contribution in [0.5, 0.6) is 0 Å². The molecule has 7 heteroatoms. The highest BCUT2D eigenvalue weighted by atomic mass is 32.1. The Morgan fingerprint density at radius 1 is 1.12 bits per heavy atom. The van der Waals surface area contributed by atoms with E-state index in [2.05, 4.69) is 11.8 Å². The second-order valence-corrected chi connectivity index (χ2v) is 9.30. The quantitative estimate of drug-likeness (QED) is 0.345. The van der Waals surface area contributed by atoms with Crippen molar-refractivity contribution in [3.05, 3.63) is 57.9 Å². The molecule has 1 aromatic carbocycles. The van der Waals surface area contributed by atoms with Crippen LogP contribution in [0, 0.1) is 5.92 Å². The minimum atomic E-state index is -0.448. The normalized spacial score (nSPS) is 17.4. The summed E-state index contributed by atoms with van der Waals surface area (Å²) in [7, 11) is 0. The maximum absolute atomic E-state index is 13.6. The molecule has 1 saturated heterocycles. The number of rotatable bonds is 7. The summed E-state index contributed by atoms with van der Waals surface area (Å²) in [5.41, 5.74) is 1.65. The van der Waals surface area contributed by atoms with Crippen LogP contribution >= 0.6 is 11.3 Å². The van der Waals surface area contributed by atoms with Crippen molar-refractivity contribution in [2.45, 2.75) is 39.5 Å². The van der Waals surface area contributed by atoms with Gasteiger partial charge in [0, 0.05) is 18.0 Å². The van der Waals surface area contributed by atoms with Crippen molar-refractivity contribution in [2.75, 3.05) is 24.6 Å². The van der Waals surface area contributed by atoms with E-state index in [9.17, 15) is 14.4 Å². The SMILES string of the molecule is CCCCOC(=O)c1cccc(N2C(=O)C(c3cccs3)=C(N3CCC(C)CC3)C2=O)c1. The largest absolute Gasteiger partial charge is 0.462 e. The van der Waals surface area contributed by atoms with Crippen molar-refractivity contribution in [1.82, 2.24) is 4.90 Å². The van der Waals surface area contributed by atoms with Gasteiger partial charge in [-0.1, -0.05) is 32.4 Å². The van der Waals surface area contributed by atoms with Gasteiger partial charge in [-0.15, -0.1) is 11.3 Å². The lowest BCUT2D eigenvalue weighted by Crippen LogP contribution is -2.38. The standard InChI is InChI=1S/C25H28N2O4S/c1-3-4-14-31-25(30)18-7-5-8-19(16-18)27-23(28)21(20-9-6-15-32-20)22(24(27)29)26-12-10-17(2)11-13-26/h5-9,15-17H,3-4,10-14H2,1-2H3. The van der Waals surface area contributed by atoms with Gasteiger partial charge >= 0.3 is 5.97 Å². The van der Waals surface area contributed by atoms with Gasteiger partial charge in [-0.25, -0.2) is 9.69 Å². The molecule has 1 fully saturated rings. The fraction of sp³-hybridized carbons (Fsp3) is 0.400. The summed E-state index contributed by atoms with van der Waals surface area (Å²) in [6.45, 7) is 6.09. The predicted molar refractivity (Wildman–Crippen MR) is 125 cm³/mol. The fourth-order valence-corrected chi connectivity index (χ4v) is 4.85. The highest BCUT2D eigenvalue weighted by Gasteiger charge is 2.43. The summed E-state index contributed by atoms with van der Waals surface area (Å²) in [5, 5.41) is 1.91. The van der Waals surface area contributed by atoms with Crippen LogP contribution in [-0.4, -0.2) is 42.4 Å². The molecule has 2 aliphatic heterocycles. The van der Waals surface area contributed by atoms with E-state index in [-0.39, 0.29) is 11.8 Å². The van der Waals surface area contributed by atoms with Gasteiger partial charge in [-0.3, -0.25) is 9.59 Å². The number of amides is 2. The van der Waals surface area contributed by atoms with Gasteiger partial charge in [0.2, 0.25) is 0 Å². The van der Waals surface area contributed by atoms with Gasteiger partial charge in [0.1, 0.15) is 5.70 Å². The summed E-state index contributed by atoms with van der Waals surface area (Å²) < 4.78 is 5.30. The number of unbranched alkanes of at least 4 members (excludes halogenated alkanes) is 1. The number of carbonyl (C=O) groups is 3. The molecule has 32 heavy (non-hydrogen) atoms. The number of carbonyl (C=O) groups excluding carboxylic acids is 3. The van der Waals surface area contributed by atoms with Gasteiger partial charge in [-0.05, 0) is 54.8 Å². The molecule has 0 spiro atoms. The first-order valence-corrected chi connectivity index (χ1v) is 12.1. The summed E-state index contributed by atoms with van der Waals surface area (Å²) in [6.07, 6.45) is 3.70. The topological polar surface area (TPSA) is 66.9 Å². The summed E-state index contributed by atoms with van der Waals surface area (Å²) >= 11 is 1.45. The Balaban J connectivity index is 1.66. The number of thiophene rings is 1. The number of piperidine rings is 1. The number of ether oxygens (including phenoxy) is 1. The zero-order valence-corrected chi connectivity index (χ0v) is 19.3. The molecule has 168 valence electrons. The molecule has 1 aromatic heterocycles. The molecular formula is C25H28N2O4S. The number of imide groups is 1. The fourth-order valence-electron chi connectivity index (χ4n) is 4.09. The van der Waals surface area contributed by atoms with Crippen molar-refractivity contribution in [1.29, 1.82) is 0 Å². The van der Waals surface area contributed by atoms with Crippen molar-refractivity contribution in [3.63, 3.8) is 0 Å². The maximum atomic E-state index is 13.6. The van der Waals surface area contributed by atoms with E-state index in [4.69, 9.17) is 4.74 Å². The van der Waals surface area contributed by atoms with E-state index in [1.165, 1.54) is 16.2 Å². The first kappa shape index (κ1) is 22.3. The molecule has 4 rings (SSSR count). The van der Waals surface area contributed by atoms with Crippen LogP contribution in [0.15, 0.2) is 47.5 Å². The second kappa shape index (κ2) is 9.69. The molecule has 6 nitrogen and oxygen atoms in total. The number of hydrogen-bond acceptors (Lipinski definition) is 6. The second-order valence-electron chi connectivity index (χ2n) is 8.36. The molecule has 2 aliphatic rings. The van der Waals surface area contributed by atoms with Crippen molar-refractivity contribution >= 4 is 40.4 Å². The van der Waals surface area contributed by atoms with Crippen LogP contribution in [-0.2, 0) is 14.3 Å². The number of likely N-dealkylation sites (tertiary alicyclic amines) is 1. The summed E-state index contributed by atoms with van der Waals surface area (Å²) in [5.74, 6) is -0.515. The van der Waals surface area contributed by atoms with Gasteiger partial charge in [0.15, 0.2) is 0 Å². The lowest BCUT2D eigenvalue weighted by atomic mass is 9.98. The molecule has 2 amide bonds. The molecule has 3 heterocycles. The minimum Gasteiger partial charge on any atom is -0.462 e. The first-order valence-electron chi connectivity index (χ1n) is 11.2. The van der Waals surface area contributed by atoms with Crippen LogP contribution in [0.3, 0.4) is 0 Å². The average Bonchev–Trinajstić information content (AvgIpc) is 3.40. The Kier molecular flexibility index (Phi) is 6.74. The molecule has 0 unspecified atom stereocenters. The van der Waals surface area contributed by atoms with Gasteiger partial charge in [-0.2, -0.15) is 0 Å². The highest BCUT2D eigenvalue weighted by Crippen LogP contribution is 2.38. The molecule has 0 atom stereocenters. The molecular weight excluding hydrogens is 424 g/mol. The highest BCUT2D eigenvalue weighted by molar-refractivity contribution is 7.11. The first-order chi connectivity index (χ1) is 15.5. The van der Waals surface area contributed by atoms with Crippen LogP contribution < -0.4 is 4.90 Å². The molecule has 0 aliphatic carbocycles. The van der Waals surface area contributed by atoms with Crippen LogP contribution in [0.4, 0.5) is 5.69 Å². The summed E-state index contributed by atoms with van der Waals surface area (Å²) in [4.78, 5) is 43.6. The van der Waals surface area contributed by atoms with E-state index in [0.29, 0.717) is 35.0 Å². The Bertz CT molecular complexity index is 1040. The van der Waals surface area contributed by atoms with Crippen LogP contribution in [0.25, 0.3) is 5.57 Å². The lowest BCUT2D eigenvalue weighted by Gasteiger charge is -2.32. The number of nitrogens with zero attached hydrogens (tertiary/aromatic N) is 2. The Morgan fingerprint density at radius 2 is 1.91 bits per heavy atom. The van der Waals surface area contributed by atoms with Crippen molar-refractivity contribution in [2.24, 2.45) is 5.92 Å². The molecule has 0 saturated carbocycles. The van der Waals surface area contributed by atoms with E-state index < -0.39 is 5.97 Å². The number of esters is 1. The van der Waals surface area contributed by atoms with Gasteiger partial charge in [0.25, 0.3) is 11.8 Å². The maximum Gasteiger partial charge on any atom is 0.338 e. The molecule has 2 aromatic rings. The molecule has 0 radical (unpaired) electrons. The minimum absolute atomic E-state index is 0.329. The van der Waals surface area contributed by atoms with Crippen molar-refractivity contribution in [3.8, 4) is 0 Å². The summed E-state index contributed by atoms with van der Waals surface area (Å²) in [6, 6.07) is 10.3. The van der Waals surface area contributed by atoms with E-state index >= 15 is 0 Å².